The smallest absolute Gasteiger partial charge is 0.269 e. The summed E-state index contributed by atoms with van der Waals surface area (Å²) in [6.07, 6.45) is 3.18. The molecule has 0 atom stereocenters. The fourth-order valence-electron chi connectivity index (χ4n) is 1.86. The predicted octanol–water partition coefficient (Wildman–Crippen LogP) is 5.41. The molecule has 0 spiro atoms. The summed E-state index contributed by atoms with van der Waals surface area (Å²) in [6, 6.07) is 7.67. The summed E-state index contributed by atoms with van der Waals surface area (Å²) in [6.45, 7) is 3.78. The summed E-state index contributed by atoms with van der Waals surface area (Å²) < 4.78 is 0. The number of amides is 1. The molecular formula is C16H17Cl2NO2. The molecule has 5 heteroatoms. The lowest BCUT2D eigenvalue weighted by Crippen LogP contribution is -1.95. The summed E-state index contributed by atoms with van der Waals surface area (Å²) in [7, 11) is 0. The monoisotopic (exact) mass is 325 g/mol. The maximum atomic E-state index is 10.9. The Bertz CT molecular complexity index is 570. The Labute approximate surface area is 134 Å². The summed E-state index contributed by atoms with van der Waals surface area (Å²) >= 11 is 12.2. The minimum Gasteiger partial charge on any atom is -0.269 e. The third-order valence-electron chi connectivity index (χ3n) is 2.94. The predicted molar refractivity (Wildman–Crippen MR) is 88.2 cm³/mol. The number of halogens is 2. The van der Waals surface area contributed by atoms with Crippen molar-refractivity contribution in [2.45, 2.75) is 33.1 Å². The first-order chi connectivity index (χ1) is 9.97. The van der Waals surface area contributed by atoms with E-state index >= 15 is 0 Å². The second-order valence-electron chi connectivity index (χ2n) is 4.59. The number of allylic oxidation sites excluding steroid dienone is 4. The highest BCUT2D eigenvalue weighted by molar-refractivity contribution is 6.34. The molecule has 0 aromatic heterocycles. The zero-order valence-electron chi connectivity index (χ0n) is 12.0. The van der Waals surface area contributed by atoms with E-state index < -0.39 is 5.91 Å². The summed E-state index contributed by atoms with van der Waals surface area (Å²) in [4.78, 5) is 20.9. The average molecular weight is 326 g/mol. The minimum absolute atomic E-state index is 0.127. The van der Waals surface area contributed by atoms with Crippen molar-refractivity contribution in [1.29, 1.82) is 0 Å². The highest BCUT2D eigenvalue weighted by atomic mass is 35.5. The lowest BCUT2D eigenvalue weighted by atomic mass is 10.0. The van der Waals surface area contributed by atoms with Crippen LogP contribution in [0.25, 0.3) is 5.57 Å². The van der Waals surface area contributed by atoms with Gasteiger partial charge >= 0.3 is 0 Å². The van der Waals surface area contributed by atoms with Gasteiger partial charge in [-0.15, -0.1) is 4.91 Å². The molecule has 1 rings (SSSR count). The number of nitrogens with zero attached hydrogens (tertiary/aromatic N) is 1. The van der Waals surface area contributed by atoms with Gasteiger partial charge in [-0.05, 0) is 42.5 Å². The number of rotatable bonds is 6. The first kappa shape index (κ1) is 17.6. The number of carbonyl (C=O) groups is 1. The van der Waals surface area contributed by atoms with Gasteiger partial charge in [-0.2, -0.15) is 0 Å². The third-order valence-corrected chi connectivity index (χ3v) is 3.52. The molecule has 1 aromatic carbocycles. The van der Waals surface area contributed by atoms with Crippen LogP contribution in [-0.2, 0) is 11.2 Å². The number of aryl methyl sites for hydroxylation is 1. The molecular weight excluding hydrogens is 309 g/mol. The van der Waals surface area contributed by atoms with E-state index in [1.54, 1.807) is 6.92 Å². The Morgan fingerprint density at radius 2 is 1.86 bits per heavy atom. The van der Waals surface area contributed by atoms with Gasteiger partial charge in [0.05, 0.1) is 0 Å². The standard InChI is InChI=1S/C16H17Cl2NO2/c1-3-15(18)14(10-11(2)17)13-7-4-12(5-8-13)6-9-16(20)19-21/h4-5,7-8,10H,3,6,9H2,1-2H3/b11-10+,15-14-. The Kier molecular flexibility index (Phi) is 7.34. The lowest BCUT2D eigenvalue weighted by Gasteiger charge is -2.08. The van der Waals surface area contributed by atoms with E-state index in [0.717, 1.165) is 28.2 Å². The Morgan fingerprint density at radius 1 is 1.24 bits per heavy atom. The first-order valence-electron chi connectivity index (χ1n) is 6.65. The molecule has 1 aromatic rings. The number of hydrogen-bond acceptors (Lipinski definition) is 2. The fourth-order valence-corrected chi connectivity index (χ4v) is 2.13. The number of hydrogen-bond donors (Lipinski definition) is 0. The van der Waals surface area contributed by atoms with Gasteiger partial charge in [0, 0.05) is 21.7 Å². The molecule has 0 saturated heterocycles. The van der Waals surface area contributed by atoms with Crippen LogP contribution in [0.3, 0.4) is 0 Å². The maximum absolute atomic E-state index is 10.9. The van der Waals surface area contributed by atoms with Crippen LogP contribution >= 0.6 is 23.2 Å². The van der Waals surface area contributed by atoms with Crippen molar-refractivity contribution in [2.75, 3.05) is 0 Å². The molecule has 0 heterocycles. The van der Waals surface area contributed by atoms with Crippen molar-refractivity contribution < 1.29 is 4.79 Å². The highest BCUT2D eigenvalue weighted by Crippen LogP contribution is 2.27. The number of benzene rings is 1. The molecule has 0 N–H and O–H groups in total. The average Bonchev–Trinajstić information content (AvgIpc) is 2.49. The van der Waals surface area contributed by atoms with Gasteiger partial charge in [0.1, 0.15) is 0 Å². The fraction of sp³-hybridized carbons (Fsp3) is 0.312. The van der Waals surface area contributed by atoms with Crippen molar-refractivity contribution in [3.05, 3.63) is 56.4 Å². The summed E-state index contributed by atoms with van der Waals surface area (Å²) in [5, 5.41) is 3.77. The van der Waals surface area contributed by atoms with Gasteiger partial charge < -0.3 is 0 Å². The minimum atomic E-state index is -0.630. The first-order valence-corrected chi connectivity index (χ1v) is 7.41. The van der Waals surface area contributed by atoms with Crippen LogP contribution in [0.2, 0.25) is 0 Å². The molecule has 3 nitrogen and oxygen atoms in total. The van der Waals surface area contributed by atoms with E-state index in [-0.39, 0.29) is 6.42 Å². The van der Waals surface area contributed by atoms with E-state index in [1.807, 2.05) is 37.3 Å². The van der Waals surface area contributed by atoms with Gasteiger partial charge in [-0.25, -0.2) is 0 Å². The molecule has 0 radical (unpaired) electrons. The van der Waals surface area contributed by atoms with Crippen molar-refractivity contribution in [3.63, 3.8) is 0 Å². The normalized spacial score (nSPS) is 12.9. The van der Waals surface area contributed by atoms with E-state index in [1.165, 1.54) is 0 Å². The van der Waals surface area contributed by atoms with E-state index in [4.69, 9.17) is 23.2 Å². The van der Waals surface area contributed by atoms with Crippen LogP contribution in [-0.4, -0.2) is 5.91 Å². The van der Waals surface area contributed by atoms with Crippen molar-refractivity contribution in [1.82, 2.24) is 0 Å². The zero-order chi connectivity index (χ0) is 15.8. The zero-order valence-corrected chi connectivity index (χ0v) is 13.5. The SMILES string of the molecule is CC/C(Cl)=C(\C=C(/C)Cl)c1ccc(CCC(=O)N=O)cc1. The van der Waals surface area contributed by atoms with Gasteiger partial charge in [-0.3, -0.25) is 4.79 Å². The molecule has 0 aliphatic carbocycles. The molecule has 0 saturated carbocycles. The largest absolute Gasteiger partial charge is 0.286 e. The maximum Gasteiger partial charge on any atom is 0.286 e. The van der Waals surface area contributed by atoms with E-state index in [2.05, 4.69) is 5.18 Å². The summed E-state index contributed by atoms with van der Waals surface area (Å²) in [5.74, 6) is -0.630. The second-order valence-corrected chi connectivity index (χ2v) is 5.64. The van der Waals surface area contributed by atoms with Crippen LogP contribution in [0.15, 0.2) is 45.6 Å². The van der Waals surface area contributed by atoms with Gasteiger partial charge in [-0.1, -0.05) is 54.4 Å². The van der Waals surface area contributed by atoms with Crippen molar-refractivity contribution >= 4 is 34.7 Å². The molecule has 0 aliphatic heterocycles. The van der Waals surface area contributed by atoms with E-state index in [0.29, 0.717) is 11.5 Å². The highest BCUT2D eigenvalue weighted by Gasteiger charge is 2.06. The van der Waals surface area contributed by atoms with Crippen LogP contribution in [0.4, 0.5) is 0 Å². The molecule has 0 fully saturated rings. The second kappa shape index (κ2) is 8.75. The molecule has 0 bridgehead atoms. The Balaban J connectivity index is 2.96. The molecule has 0 aliphatic rings. The molecule has 21 heavy (non-hydrogen) atoms. The van der Waals surface area contributed by atoms with Crippen molar-refractivity contribution in [2.24, 2.45) is 5.18 Å². The topological polar surface area (TPSA) is 46.5 Å². The van der Waals surface area contributed by atoms with E-state index in [9.17, 15) is 9.70 Å². The quantitative estimate of drug-likeness (QED) is 0.518. The molecule has 1 amide bonds. The number of carbonyl (C=O) groups excluding carboxylic acids is 1. The van der Waals surface area contributed by atoms with Crippen LogP contribution in [0.1, 0.15) is 37.8 Å². The van der Waals surface area contributed by atoms with Gasteiger partial charge in [0.25, 0.3) is 5.91 Å². The van der Waals surface area contributed by atoms with Crippen molar-refractivity contribution in [3.8, 4) is 0 Å². The van der Waals surface area contributed by atoms with Gasteiger partial charge in [0.15, 0.2) is 0 Å². The molecule has 112 valence electrons. The van der Waals surface area contributed by atoms with Gasteiger partial charge in [0.2, 0.25) is 0 Å². The third kappa shape index (κ3) is 5.82. The molecule has 0 unspecified atom stereocenters. The summed E-state index contributed by atoms with van der Waals surface area (Å²) in [5.41, 5.74) is 2.82. The van der Waals surface area contributed by atoms with Crippen LogP contribution in [0, 0.1) is 4.91 Å². The number of nitroso groups, excluding NO2 is 1. The van der Waals surface area contributed by atoms with Crippen LogP contribution in [0.5, 0.6) is 0 Å². The lowest BCUT2D eigenvalue weighted by molar-refractivity contribution is -0.117. The Hall–Kier alpha value is -1.45. The Morgan fingerprint density at radius 3 is 2.33 bits per heavy atom. The van der Waals surface area contributed by atoms with Crippen LogP contribution < -0.4 is 0 Å².